The predicted octanol–water partition coefficient (Wildman–Crippen LogP) is 6.91. The zero-order chi connectivity index (χ0) is 25.9. The molecule has 1 N–H and O–H groups in total. The van der Waals surface area contributed by atoms with Gasteiger partial charge in [0.15, 0.2) is 0 Å². The summed E-state index contributed by atoms with van der Waals surface area (Å²) in [5.41, 5.74) is 5.36. The lowest BCUT2D eigenvalue weighted by atomic mass is 10.1. The molecule has 4 aromatic carbocycles. The van der Waals surface area contributed by atoms with Crippen LogP contribution in [0.3, 0.4) is 0 Å². The average molecular weight is 519 g/mol. The zero-order valence-electron chi connectivity index (χ0n) is 20.3. The maximum Gasteiger partial charge on any atom is 0.264 e. The van der Waals surface area contributed by atoms with E-state index < -0.39 is 10.0 Å². The molecule has 0 aliphatic rings. The van der Waals surface area contributed by atoms with Crippen LogP contribution in [-0.2, 0) is 16.6 Å². The molecule has 0 heterocycles. The van der Waals surface area contributed by atoms with E-state index in [9.17, 15) is 13.2 Å². The molecule has 0 aromatic heterocycles. The number of carbonyl (C=O) groups is 1. The summed E-state index contributed by atoms with van der Waals surface area (Å²) in [6.45, 7) is 5.88. The minimum Gasteiger partial charge on any atom is -0.322 e. The Kier molecular flexibility index (Phi) is 7.48. The van der Waals surface area contributed by atoms with Gasteiger partial charge in [0.2, 0.25) is 0 Å². The predicted molar refractivity (Wildman–Crippen MR) is 146 cm³/mol. The summed E-state index contributed by atoms with van der Waals surface area (Å²) in [5.74, 6) is -0.229. The number of rotatable bonds is 7. The second kappa shape index (κ2) is 10.6. The van der Waals surface area contributed by atoms with E-state index in [0.29, 0.717) is 16.3 Å². The van der Waals surface area contributed by atoms with Crippen LogP contribution < -0.4 is 9.62 Å². The summed E-state index contributed by atoms with van der Waals surface area (Å²) in [5, 5.41) is 3.39. The molecule has 4 aromatic rings. The van der Waals surface area contributed by atoms with Gasteiger partial charge in [-0.15, -0.1) is 0 Å². The van der Waals surface area contributed by atoms with Crippen LogP contribution in [0.25, 0.3) is 0 Å². The van der Waals surface area contributed by atoms with Crippen molar-refractivity contribution in [1.29, 1.82) is 0 Å². The number of amides is 1. The van der Waals surface area contributed by atoms with Crippen LogP contribution >= 0.6 is 11.6 Å². The molecule has 184 valence electrons. The number of halogens is 1. The van der Waals surface area contributed by atoms with Gasteiger partial charge in [0.25, 0.3) is 15.9 Å². The van der Waals surface area contributed by atoms with Crippen LogP contribution in [-0.4, -0.2) is 14.3 Å². The van der Waals surface area contributed by atoms with E-state index >= 15 is 0 Å². The Balaban J connectivity index is 1.63. The first-order valence-electron chi connectivity index (χ1n) is 11.5. The van der Waals surface area contributed by atoms with Gasteiger partial charge in [0.05, 0.1) is 17.1 Å². The van der Waals surface area contributed by atoms with Crippen molar-refractivity contribution in [2.24, 2.45) is 0 Å². The highest BCUT2D eigenvalue weighted by Gasteiger charge is 2.26. The van der Waals surface area contributed by atoms with E-state index in [1.54, 1.807) is 72.8 Å². The molecule has 0 aliphatic heterocycles. The van der Waals surface area contributed by atoms with Gasteiger partial charge < -0.3 is 5.32 Å². The molecule has 5 nitrogen and oxygen atoms in total. The van der Waals surface area contributed by atoms with Gasteiger partial charge >= 0.3 is 0 Å². The number of sulfonamides is 1. The highest BCUT2D eigenvalue weighted by atomic mass is 35.5. The SMILES string of the molecule is Cc1ccc(NC(=O)c2ccc(CN(c3cc(Cl)ccc3C)S(=O)(=O)c3ccccc3)cc2)c(C)c1. The fourth-order valence-corrected chi connectivity index (χ4v) is 5.64. The number of hydrogen-bond donors (Lipinski definition) is 1. The van der Waals surface area contributed by atoms with Crippen molar-refractivity contribution >= 4 is 38.9 Å². The standard InChI is InChI=1S/C29H27ClN2O3S/c1-20-9-16-27(22(3)17-20)31-29(33)24-13-11-23(12-14-24)19-32(28-18-25(30)15-10-21(28)2)36(34,35)26-7-5-4-6-8-26/h4-18H,19H2,1-3H3,(H,31,33). The maximum atomic E-state index is 13.7. The lowest BCUT2D eigenvalue weighted by molar-refractivity contribution is 0.102. The summed E-state index contributed by atoms with van der Waals surface area (Å²) in [6.07, 6.45) is 0. The smallest absolute Gasteiger partial charge is 0.264 e. The van der Waals surface area contributed by atoms with Crippen molar-refractivity contribution in [3.05, 3.63) is 124 Å². The van der Waals surface area contributed by atoms with Crippen LogP contribution in [0, 0.1) is 20.8 Å². The number of carbonyl (C=O) groups excluding carboxylic acids is 1. The molecule has 7 heteroatoms. The Morgan fingerprint density at radius 1 is 0.833 bits per heavy atom. The molecule has 0 atom stereocenters. The van der Waals surface area contributed by atoms with E-state index in [1.807, 2.05) is 39.0 Å². The van der Waals surface area contributed by atoms with Crippen LogP contribution in [0.1, 0.15) is 32.6 Å². The summed E-state index contributed by atoms with van der Waals surface area (Å²) < 4.78 is 28.7. The number of nitrogens with zero attached hydrogens (tertiary/aromatic N) is 1. The number of anilines is 2. The minimum atomic E-state index is -3.87. The second-order valence-electron chi connectivity index (χ2n) is 8.72. The monoisotopic (exact) mass is 518 g/mol. The quantitative estimate of drug-likeness (QED) is 0.289. The molecule has 0 radical (unpaired) electrons. The highest BCUT2D eigenvalue weighted by Crippen LogP contribution is 2.31. The van der Waals surface area contributed by atoms with E-state index in [-0.39, 0.29) is 17.3 Å². The minimum absolute atomic E-state index is 0.0807. The fourth-order valence-electron chi connectivity index (χ4n) is 3.95. The first-order valence-corrected chi connectivity index (χ1v) is 13.3. The fraction of sp³-hybridized carbons (Fsp3) is 0.138. The molecule has 0 unspecified atom stereocenters. The summed E-state index contributed by atoms with van der Waals surface area (Å²) in [6, 6.07) is 26.3. The molecule has 0 spiro atoms. The first-order chi connectivity index (χ1) is 17.1. The molecule has 0 aliphatic carbocycles. The summed E-state index contributed by atoms with van der Waals surface area (Å²) in [7, 11) is -3.87. The van der Waals surface area contributed by atoms with Crippen molar-refractivity contribution in [2.45, 2.75) is 32.2 Å². The number of aryl methyl sites for hydroxylation is 3. The van der Waals surface area contributed by atoms with Crippen molar-refractivity contribution in [3.63, 3.8) is 0 Å². The third kappa shape index (κ3) is 5.61. The molecule has 0 saturated carbocycles. The molecule has 0 saturated heterocycles. The topological polar surface area (TPSA) is 66.5 Å². The average Bonchev–Trinajstić information content (AvgIpc) is 2.86. The van der Waals surface area contributed by atoms with Crippen LogP contribution in [0.4, 0.5) is 11.4 Å². The van der Waals surface area contributed by atoms with Crippen molar-refractivity contribution < 1.29 is 13.2 Å². The third-order valence-electron chi connectivity index (χ3n) is 5.94. The number of benzene rings is 4. The summed E-state index contributed by atoms with van der Waals surface area (Å²) in [4.78, 5) is 13.0. The Morgan fingerprint density at radius 2 is 1.53 bits per heavy atom. The first kappa shape index (κ1) is 25.5. The Bertz CT molecular complexity index is 1500. The lowest BCUT2D eigenvalue weighted by Gasteiger charge is -2.26. The molecule has 0 bridgehead atoms. The van der Waals surface area contributed by atoms with Crippen molar-refractivity contribution in [3.8, 4) is 0 Å². The van der Waals surface area contributed by atoms with Gasteiger partial charge in [0.1, 0.15) is 0 Å². The molecular weight excluding hydrogens is 492 g/mol. The van der Waals surface area contributed by atoms with E-state index in [4.69, 9.17) is 11.6 Å². The molecular formula is C29H27ClN2O3S. The maximum absolute atomic E-state index is 13.7. The Morgan fingerprint density at radius 3 is 2.19 bits per heavy atom. The van der Waals surface area contributed by atoms with E-state index in [1.165, 1.54) is 4.31 Å². The normalized spacial score (nSPS) is 11.2. The van der Waals surface area contributed by atoms with Gasteiger partial charge in [-0.05, 0) is 79.9 Å². The van der Waals surface area contributed by atoms with Gasteiger partial charge in [-0.25, -0.2) is 8.42 Å². The van der Waals surface area contributed by atoms with Crippen LogP contribution in [0.15, 0.2) is 95.9 Å². The van der Waals surface area contributed by atoms with Gasteiger partial charge in [0, 0.05) is 16.3 Å². The van der Waals surface area contributed by atoms with Gasteiger partial charge in [-0.2, -0.15) is 0 Å². The highest BCUT2D eigenvalue weighted by molar-refractivity contribution is 7.92. The van der Waals surface area contributed by atoms with Crippen molar-refractivity contribution in [2.75, 3.05) is 9.62 Å². The second-order valence-corrected chi connectivity index (χ2v) is 11.0. The Hall–Kier alpha value is -3.61. The molecule has 4 rings (SSSR count). The van der Waals surface area contributed by atoms with E-state index in [0.717, 1.165) is 27.9 Å². The van der Waals surface area contributed by atoms with E-state index in [2.05, 4.69) is 5.32 Å². The third-order valence-corrected chi connectivity index (χ3v) is 7.95. The largest absolute Gasteiger partial charge is 0.322 e. The van der Waals surface area contributed by atoms with Gasteiger partial charge in [-0.3, -0.25) is 9.10 Å². The zero-order valence-corrected chi connectivity index (χ0v) is 21.9. The number of hydrogen-bond acceptors (Lipinski definition) is 3. The molecule has 0 fully saturated rings. The lowest BCUT2D eigenvalue weighted by Crippen LogP contribution is -2.31. The van der Waals surface area contributed by atoms with Crippen LogP contribution in [0.2, 0.25) is 5.02 Å². The molecule has 36 heavy (non-hydrogen) atoms. The van der Waals surface area contributed by atoms with Gasteiger partial charge in [-0.1, -0.05) is 65.7 Å². The van der Waals surface area contributed by atoms with Crippen LogP contribution in [0.5, 0.6) is 0 Å². The molecule has 1 amide bonds. The number of nitrogens with one attached hydrogen (secondary N) is 1. The van der Waals surface area contributed by atoms with Crippen molar-refractivity contribution in [1.82, 2.24) is 0 Å². The Labute approximate surface area is 217 Å². The summed E-state index contributed by atoms with van der Waals surface area (Å²) >= 11 is 6.24.